The first-order valence-corrected chi connectivity index (χ1v) is 6.54. The molecule has 106 valence electrons. The van der Waals surface area contributed by atoms with Gasteiger partial charge in [-0.05, 0) is 13.8 Å². The monoisotopic (exact) mass is 273 g/mol. The van der Waals surface area contributed by atoms with Crippen molar-refractivity contribution in [3.8, 4) is 11.3 Å². The molecule has 0 bridgehead atoms. The van der Waals surface area contributed by atoms with Crippen LogP contribution in [0, 0.1) is 6.92 Å². The van der Waals surface area contributed by atoms with E-state index in [1.807, 2.05) is 38.1 Å². The van der Waals surface area contributed by atoms with E-state index in [9.17, 15) is 4.79 Å². The fourth-order valence-electron chi connectivity index (χ4n) is 1.77. The van der Waals surface area contributed by atoms with Crippen LogP contribution >= 0.6 is 0 Å². The van der Waals surface area contributed by atoms with E-state index in [0.717, 1.165) is 5.56 Å². The molecule has 20 heavy (non-hydrogen) atoms. The highest BCUT2D eigenvalue weighted by atomic mass is 16.5. The Balaban J connectivity index is 2.20. The van der Waals surface area contributed by atoms with Crippen LogP contribution in [0.4, 0.5) is 0 Å². The quantitative estimate of drug-likeness (QED) is 0.925. The van der Waals surface area contributed by atoms with Gasteiger partial charge in [-0.15, -0.1) is 0 Å². The minimum atomic E-state index is -0.214. The van der Waals surface area contributed by atoms with Gasteiger partial charge in [0.05, 0.1) is 0 Å². The first-order chi connectivity index (χ1) is 9.52. The molecule has 0 fully saturated rings. The van der Waals surface area contributed by atoms with Gasteiger partial charge in [0, 0.05) is 31.3 Å². The van der Waals surface area contributed by atoms with Crippen LogP contribution in [0.1, 0.15) is 23.0 Å². The van der Waals surface area contributed by atoms with Gasteiger partial charge >= 0.3 is 0 Å². The minimum Gasteiger partial charge on any atom is -0.350 e. The lowest BCUT2D eigenvalue weighted by Gasteiger charge is -2.21. The number of hydrogen-bond donors (Lipinski definition) is 1. The summed E-state index contributed by atoms with van der Waals surface area (Å²) in [6.45, 7) is 4.31. The Bertz CT molecular complexity index is 589. The number of aromatic nitrogens is 1. The molecule has 5 heteroatoms. The molecule has 0 spiro atoms. The molecule has 1 unspecified atom stereocenters. The summed E-state index contributed by atoms with van der Waals surface area (Å²) in [6, 6.07) is 9.51. The largest absolute Gasteiger partial charge is 0.350 e. The van der Waals surface area contributed by atoms with Crippen molar-refractivity contribution in [1.82, 2.24) is 10.1 Å². The molecule has 5 nitrogen and oxygen atoms in total. The number of aryl methyl sites for hydroxylation is 1. The van der Waals surface area contributed by atoms with Crippen LogP contribution in [0.5, 0.6) is 0 Å². The molecule has 1 aromatic carbocycles. The minimum absolute atomic E-state index is 0.0459. The lowest BCUT2D eigenvalue weighted by atomic mass is 10.1. The number of rotatable bonds is 4. The van der Waals surface area contributed by atoms with Crippen LogP contribution < -0.4 is 5.73 Å². The lowest BCUT2D eigenvalue weighted by Crippen LogP contribution is -2.39. The molecule has 1 heterocycles. The van der Waals surface area contributed by atoms with Gasteiger partial charge in [0.15, 0.2) is 0 Å². The standard InChI is InChI=1S/C15H19N3O2/c1-10-4-6-12(7-5-10)13-8-14(20-17-13)15(19)18(3)11(2)9-16/h4-8,11H,9,16H2,1-3H3. The van der Waals surface area contributed by atoms with E-state index in [-0.39, 0.29) is 17.7 Å². The van der Waals surface area contributed by atoms with Crippen LogP contribution in [0.15, 0.2) is 34.9 Å². The van der Waals surface area contributed by atoms with Crippen molar-refractivity contribution in [3.05, 3.63) is 41.7 Å². The third kappa shape index (κ3) is 2.88. The Morgan fingerprint density at radius 2 is 2.05 bits per heavy atom. The molecular formula is C15H19N3O2. The predicted octanol–water partition coefficient (Wildman–Crippen LogP) is 2.07. The second-order valence-electron chi connectivity index (χ2n) is 4.94. The van der Waals surface area contributed by atoms with Gasteiger partial charge in [0.2, 0.25) is 5.76 Å². The summed E-state index contributed by atoms with van der Waals surface area (Å²) in [5, 5.41) is 3.95. The summed E-state index contributed by atoms with van der Waals surface area (Å²) < 4.78 is 5.14. The molecule has 2 aromatic rings. The van der Waals surface area contributed by atoms with Crippen molar-refractivity contribution in [1.29, 1.82) is 0 Å². The van der Waals surface area contributed by atoms with E-state index in [0.29, 0.717) is 12.2 Å². The molecule has 0 saturated carbocycles. The Labute approximate surface area is 118 Å². The number of nitrogens with two attached hydrogens (primary N) is 1. The number of nitrogens with zero attached hydrogens (tertiary/aromatic N) is 2. The molecule has 1 aromatic heterocycles. The van der Waals surface area contributed by atoms with Crippen LogP contribution in [-0.2, 0) is 0 Å². The van der Waals surface area contributed by atoms with E-state index < -0.39 is 0 Å². The zero-order valence-electron chi connectivity index (χ0n) is 12.0. The SMILES string of the molecule is Cc1ccc(-c2cc(C(=O)N(C)C(C)CN)on2)cc1. The van der Waals surface area contributed by atoms with Gasteiger partial charge < -0.3 is 15.2 Å². The molecule has 0 aliphatic rings. The smallest absolute Gasteiger partial charge is 0.292 e. The van der Waals surface area contributed by atoms with Gasteiger partial charge in [-0.2, -0.15) is 0 Å². The van der Waals surface area contributed by atoms with Crippen molar-refractivity contribution >= 4 is 5.91 Å². The Morgan fingerprint density at radius 3 is 2.65 bits per heavy atom. The predicted molar refractivity (Wildman–Crippen MR) is 77.3 cm³/mol. The maximum atomic E-state index is 12.2. The van der Waals surface area contributed by atoms with Crippen LogP contribution in [0.3, 0.4) is 0 Å². The third-order valence-electron chi connectivity index (χ3n) is 3.39. The van der Waals surface area contributed by atoms with Gasteiger partial charge in [-0.25, -0.2) is 0 Å². The van der Waals surface area contributed by atoms with E-state index in [1.54, 1.807) is 18.0 Å². The summed E-state index contributed by atoms with van der Waals surface area (Å²) in [6.07, 6.45) is 0. The normalized spacial score (nSPS) is 12.2. The molecule has 0 radical (unpaired) electrons. The first kappa shape index (κ1) is 14.3. The Kier molecular flexibility index (Phi) is 4.20. The molecule has 1 atom stereocenters. The van der Waals surface area contributed by atoms with Gasteiger partial charge in [0.25, 0.3) is 5.91 Å². The highest BCUT2D eigenvalue weighted by molar-refractivity contribution is 5.92. The summed E-state index contributed by atoms with van der Waals surface area (Å²) in [7, 11) is 1.70. The van der Waals surface area contributed by atoms with Crippen LogP contribution in [-0.4, -0.2) is 35.6 Å². The highest BCUT2D eigenvalue weighted by Gasteiger charge is 2.21. The average Bonchev–Trinajstić information content (AvgIpc) is 2.95. The van der Waals surface area contributed by atoms with E-state index in [1.165, 1.54) is 5.56 Å². The number of hydrogen-bond acceptors (Lipinski definition) is 4. The van der Waals surface area contributed by atoms with E-state index in [4.69, 9.17) is 10.3 Å². The van der Waals surface area contributed by atoms with Crippen LogP contribution in [0.2, 0.25) is 0 Å². The van der Waals surface area contributed by atoms with Crippen LogP contribution in [0.25, 0.3) is 11.3 Å². The van der Waals surface area contributed by atoms with Crippen molar-refractivity contribution in [3.63, 3.8) is 0 Å². The molecule has 2 rings (SSSR count). The summed E-state index contributed by atoms with van der Waals surface area (Å²) in [5.74, 6) is 0.0113. The average molecular weight is 273 g/mol. The van der Waals surface area contributed by atoms with Gasteiger partial charge in [-0.1, -0.05) is 35.0 Å². The van der Waals surface area contributed by atoms with Gasteiger partial charge in [-0.3, -0.25) is 4.79 Å². The number of carbonyl (C=O) groups excluding carboxylic acids is 1. The van der Waals surface area contributed by atoms with E-state index >= 15 is 0 Å². The second kappa shape index (κ2) is 5.88. The fraction of sp³-hybridized carbons (Fsp3) is 0.333. The number of likely N-dealkylation sites (N-methyl/N-ethyl adjacent to an activating group) is 1. The topological polar surface area (TPSA) is 72.4 Å². The fourth-order valence-corrected chi connectivity index (χ4v) is 1.77. The maximum Gasteiger partial charge on any atom is 0.292 e. The summed E-state index contributed by atoms with van der Waals surface area (Å²) in [4.78, 5) is 13.7. The van der Waals surface area contributed by atoms with Crippen molar-refractivity contribution in [2.75, 3.05) is 13.6 Å². The molecule has 0 aliphatic heterocycles. The van der Waals surface area contributed by atoms with Crippen molar-refractivity contribution in [2.45, 2.75) is 19.9 Å². The third-order valence-corrected chi connectivity index (χ3v) is 3.39. The lowest BCUT2D eigenvalue weighted by molar-refractivity contribution is 0.0706. The maximum absolute atomic E-state index is 12.2. The second-order valence-corrected chi connectivity index (χ2v) is 4.94. The van der Waals surface area contributed by atoms with Crippen molar-refractivity contribution in [2.24, 2.45) is 5.73 Å². The highest BCUT2D eigenvalue weighted by Crippen LogP contribution is 2.20. The first-order valence-electron chi connectivity index (χ1n) is 6.54. The zero-order chi connectivity index (χ0) is 14.7. The number of carbonyl (C=O) groups is 1. The molecule has 1 amide bonds. The number of benzene rings is 1. The molecule has 0 aliphatic carbocycles. The summed E-state index contributed by atoms with van der Waals surface area (Å²) >= 11 is 0. The Hall–Kier alpha value is -2.14. The molecule has 0 saturated heterocycles. The zero-order valence-corrected chi connectivity index (χ0v) is 12.0. The summed E-state index contributed by atoms with van der Waals surface area (Å²) in [5.41, 5.74) is 8.31. The van der Waals surface area contributed by atoms with Gasteiger partial charge in [0.1, 0.15) is 5.69 Å². The Morgan fingerprint density at radius 1 is 1.40 bits per heavy atom. The molecule has 2 N–H and O–H groups in total. The number of amides is 1. The van der Waals surface area contributed by atoms with E-state index in [2.05, 4.69) is 5.16 Å². The van der Waals surface area contributed by atoms with Crippen molar-refractivity contribution < 1.29 is 9.32 Å². The molecular weight excluding hydrogens is 254 g/mol.